The summed E-state index contributed by atoms with van der Waals surface area (Å²) in [7, 11) is -4.55. The van der Waals surface area contributed by atoms with E-state index in [1.807, 2.05) is 0 Å². The van der Waals surface area contributed by atoms with Crippen LogP contribution >= 0.6 is 31.0 Å². The highest BCUT2D eigenvalue weighted by atomic mass is 35.5. The Morgan fingerprint density at radius 1 is 1.34 bits per heavy atom. The molecule has 38 heavy (non-hydrogen) atoms. The number of esters is 1. The Morgan fingerprint density at radius 2 is 2.03 bits per heavy atom. The molecule has 2 heterocycles. The Labute approximate surface area is 227 Å². The summed E-state index contributed by atoms with van der Waals surface area (Å²) in [4.78, 5) is 29.9. The number of nitrogens with two attached hydrogens (primary N) is 1. The van der Waals surface area contributed by atoms with Gasteiger partial charge in [0.1, 0.15) is 24.3 Å². The maximum Gasteiger partial charge on any atom is 0.530 e. The second-order valence-electron chi connectivity index (χ2n) is 8.24. The zero-order valence-electron chi connectivity index (χ0n) is 20.4. The van der Waals surface area contributed by atoms with Crippen molar-refractivity contribution in [1.29, 1.82) is 0 Å². The second-order valence-corrected chi connectivity index (χ2v) is 10.6. The van der Waals surface area contributed by atoms with E-state index >= 15 is 0 Å². The van der Waals surface area contributed by atoms with Gasteiger partial charge in [-0.05, 0) is 44.5 Å². The first-order valence-electron chi connectivity index (χ1n) is 11.1. The van der Waals surface area contributed by atoms with Gasteiger partial charge in [-0.1, -0.05) is 35.7 Å². The van der Waals surface area contributed by atoms with E-state index in [1.54, 1.807) is 32.0 Å². The van der Waals surface area contributed by atoms with Crippen LogP contribution in [0.4, 0.5) is 5.95 Å². The highest BCUT2D eigenvalue weighted by molar-refractivity contribution is 7.49. The normalized spacial score (nSPS) is 25.2. The van der Waals surface area contributed by atoms with Gasteiger partial charge in [-0.25, -0.2) is 19.1 Å². The van der Waals surface area contributed by atoms with Gasteiger partial charge in [0.15, 0.2) is 17.2 Å². The number of rotatable bonds is 10. The van der Waals surface area contributed by atoms with Crippen LogP contribution in [-0.2, 0) is 27.9 Å². The fourth-order valence-corrected chi connectivity index (χ4v) is 5.19. The topological polar surface area (TPSA) is 174 Å². The van der Waals surface area contributed by atoms with Crippen LogP contribution in [0.25, 0.3) is 0 Å². The number of aliphatic hydroxyl groups is 1. The first-order chi connectivity index (χ1) is 17.9. The summed E-state index contributed by atoms with van der Waals surface area (Å²) in [5, 5.41) is 13.0. The van der Waals surface area contributed by atoms with Crippen molar-refractivity contribution in [3.05, 3.63) is 47.1 Å². The van der Waals surface area contributed by atoms with E-state index in [4.69, 9.17) is 52.0 Å². The van der Waals surface area contributed by atoms with Crippen LogP contribution in [0.5, 0.6) is 5.75 Å². The van der Waals surface area contributed by atoms with Crippen molar-refractivity contribution >= 4 is 42.9 Å². The van der Waals surface area contributed by atoms with Gasteiger partial charge >= 0.3 is 19.5 Å². The number of hydrogen-bond acceptors (Lipinski definition) is 12. The molecule has 13 nitrogen and oxygen atoms in total. The van der Waals surface area contributed by atoms with Gasteiger partial charge < -0.3 is 24.8 Å². The van der Waals surface area contributed by atoms with Crippen molar-refractivity contribution in [3.8, 4) is 17.0 Å². The summed E-state index contributed by atoms with van der Waals surface area (Å²) in [6, 6.07) is 7.90. The van der Waals surface area contributed by atoms with E-state index in [0.717, 1.165) is 10.9 Å². The summed E-state index contributed by atoms with van der Waals surface area (Å²) in [5.41, 5.74) is 4.54. The molecular formula is C22H25Cl2N4O9P. The lowest BCUT2D eigenvalue weighted by Crippen LogP contribution is -2.43. The molecule has 3 N–H and O–H groups in total. The molecule has 1 aliphatic rings. The van der Waals surface area contributed by atoms with E-state index in [0.29, 0.717) is 0 Å². The number of aromatic nitrogens is 3. The average molecular weight is 591 g/mol. The molecule has 3 rings (SSSR count). The third-order valence-corrected chi connectivity index (χ3v) is 7.08. The first kappa shape index (κ1) is 29.9. The molecule has 6 atom stereocenters. The van der Waals surface area contributed by atoms with Crippen molar-refractivity contribution < 1.29 is 37.5 Å². The standard InChI is InChI=1S/C22H25Cl2N4O9P/c1-13(2)34-18(30)14(3)36-38(32,37-15-7-5-4-6-8-15)33-11-16-17(29)22(24,9-10-23)19(35-16)28-12-26-20(25)27-21(28)31/h4-8,12-14,16-17,19,29H,11H2,1-3H3,(H2,25,27,31)/t14-,16+,17?,19+,22+,38?/m0/s1. The summed E-state index contributed by atoms with van der Waals surface area (Å²) < 4.78 is 41.6. The number of ether oxygens (including phenoxy) is 2. The van der Waals surface area contributed by atoms with Gasteiger partial charge in [0, 0.05) is 5.38 Å². The van der Waals surface area contributed by atoms with Crippen LogP contribution in [0.2, 0.25) is 0 Å². The first-order valence-corrected chi connectivity index (χ1v) is 13.3. The Morgan fingerprint density at radius 3 is 2.63 bits per heavy atom. The van der Waals surface area contributed by atoms with Gasteiger partial charge in [-0.2, -0.15) is 4.98 Å². The van der Waals surface area contributed by atoms with Crippen LogP contribution in [-0.4, -0.2) is 61.5 Å². The molecule has 206 valence electrons. The number of carbonyl (C=O) groups excluding carboxylic acids is 1. The molecule has 0 spiro atoms. The number of nitrogens with zero attached hydrogens (tertiary/aromatic N) is 3. The quantitative estimate of drug-likeness (QED) is 0.179. The molecule has 1 aromatic carbocycles. The van der Waals surface area contributed by atoms with Crippen molar-refractivity contribution in [2.75, 3.05) is 12.3 Å². The second kappa shape index (κ2) is 12.4. The van der Waals surface area contributed by atoms with Gasteiger partial charge in [-0.3, -0.25) is 13.6 Å². The number of nitrogen functional groups attached to an aromatic ring is 1. The Bertz CT molecular complexity index is 1300. The number of carbonyl (C=O) groups is 1. The van der Waals surface area contributed by atoms with Gasteiger partial charge in [-0.15, -0.1) is 0 Å². The fourth-order valence-electron chi connectivity index (χ4n) is 3.30. The maximum absolute atomic E-state index is 13.6. The molecule has 0 amide bonds. The lowest BCUT2D eigenvalue weighted by Gasteiger charge is -2.25. The molecule has 1 aliphatic heterocycles. The molecule has 1 saturated heterocycles. The van der Waals surface area contributed by atoms with Crippen LogP contribution in [0.15, 0.2) is 41.5 Å². The van der Waals surface area contributed by atoms with Crippen molar-refractivity contribution in [2.45, 2.75) is 56.3 Å². The average Bonchev–Trinajstić information content (AvgIpc) is 3.08. The van der Waals surface area contributed by atoms with E-state index in [1.165, 1.54) is 19.1 Å². The van der Waals surface area contributed by atoms with Crippen LogP contribution in [0.3, 0.4) is 0 Å². The number of anilines is 1. The minimum absolute atomic E-state index is 0.108. The number of para-hydroxylation sites is 1. The zero-order valence-corrected chi connectivity index (χ0v) is 22.8. The van der Waals surface area contributed by atoms with Crippen molar-refractivity contribution in [3.63, 3.8) is 0 Å². The molecule has 0 radical (unpaired) electrons. The molecule has 16 heteroatoms. The minimum atomic E-state index is -4.55. The number of phosphoric ester groups is 1. The van der Waals surface area contributed by atoms with E-state index in [9.17, 15) is 19.3 Å². The maximum atomic E-state index is 13.6. The predicted octanol–water partition coefficient (Wildman–Crippen LogP) is 2.22. The Kier molecular flexibility index (Phi) is 9.78. The van der Waals surface area contributed by atoms with Crippen molar-refractivity contribution in [2.24, 2.45) is 0 Å². The van der Waals surface area contributed by atoms with E-state index in [-0.39, 0.29) is 11.7 Å². The number of benzene rings is 1. The molecule has 0 saturated carbocycles. The lowest BCUT2D eigenvalue weighted by atomic mass is 9.99. The van der Waals surface area contributed by atoms with Crippen molar-refractivity contribution in [1.82, 2.24) is 14.5 Å². The summed E-state index contributed by atoms with van der Waals surface area (Å²) in [5.74, 6) is 1.41. The number of phosphoric acid groups is 1. The van der Waals surface area contributed by atoms with E-state index < -0.39 is 61.6 Å². The summed E-state index contributed by atoms with van der Waals surface area (Å²) in [6.07, 6.45) is -5.24. The number of alkyl halides is 1. The molecular weight excluding hydrogens is 566 g/mol. The monoisotopic (exact) mass is 590 g/mol. The van der Waals surface area contributed by atoms with Crippen LogP contribution in [0.1, 0.15) is 27.0 Å². The number of hydrogen-bond donors (Lipinski definition) is 2. The predicted molar refractivity (Wildman–Crippen MR) is 135 cm³/mol. The molecule has 1 aromatic heterocycles. The highest BCUT2D eigenvalue weighted by Gasteiger charge is 2.57. The van der Waals surface area contributed by atoms with Gasteiger partial charge in [0.05, 0.1) is 12.7 Å². The zero-order chi connectivity index (χ0) is 28.1. The smallest absolute Gasteiger partial charge is 0.461 e. The molecule has 0 aliphatic carbocycles. The number of aliphatic hydroxyl groups excluding tert-OH is 1. The van der Waals surface area contributed by atoms with Gasteiger partial charge in [0.2, 0.25) is 5.95 Å². The number of halogens is 2. The largest absolute Gasteiger partial charge is 0.530 e. The van der Waals surface area contributed by atoms with Crippen LogP contribution < -0.4 is 15.9 Å². The Balaban J connectivity index is 1.86. The SMILES string of the molecule is CC(C)OC(=O)[C@H](C)OP(=O)(OC[C@H]1O[C@@H](n2cnc(N)nc2=O)[C@@](Cl)(C#CCl)C1O)Oc1ccccc1. The summed E-state index contributed by atoms with van der Waals surface area (Å²) in [6.45, 7) is 3.93. The van der Waals surface area contributed by atoms with Gasteiger partial charge in [0.25, 0.3) is 0 Å². The molecule has 0 bridgehead atoms. The third kappa shape index (κ3) is 7.03. The molecule has 2 unspecified atom stereocenters. The van der Waals surface area contributed by atoms with Crippen LogP contribution in [0, 0.1) is 11.3 Å². The van der Waals surface area contributed by atoms with E-state index in [2.05, 4.69) is 21.3 Å². The highest BCUT2D eigenvalue weighted by Crippen LogP contribution is 2.52. The molecule has 1 fully saturated rings. The lowest BCUT2D eigenvalue weighted by molar-refractivity contribution is -0.156. The summed E-state index contributed by atoms with van der Waals surface area (Å²) >= 11 is 12.1. The third-order valence-electron chi connectivity index (χ3n) is 5.01. The fraction of sp³-hybridized carbons (Fsp3) is 0.455. The molecule has 2 aromatic rings. The Hall–Kier alpha value is -2.69. The minimum Gasteiger partial charge on any atom is -0.461 e.